The number of hydrogen-bond acceptors (Lipinski definition) is 5. The van der Waals surface area contributed by atoms with Crippen molar-refractivity contribution in [2.75, 3.05) is 51.1 Å². The number of halogens is 1. The van der Waals surface area contributed by atoms with E-state index < -0.39 is 0 Å². The lowest BCUT2D eigenvalue weighted by Crippen LogP contribution is -2.48. The Bertz CT molecular complexity index is 795. The molecule has 3 heterocycles. The lowest BCUT2D eigenvalue weighted by Gasteiger charge is -2.34. The van der Waals surface area contributed by atoms with Gasteiger partial charge in [-0.15, -0.1) is 11.3 Å². The van der Waals surface area contributed by atoms with Crippen molar-refractivity contribution in [3.8, 4) is 0 Å². The molecule has 2 aliphatic heterocycles. The van der Waals surface area contributed by atoms with Gasteiger partial charge in [0, 0.05) is 49.8 Å². The zero-order valence-corrected chi connectivity index (χ0v) is 18.4. The fourth-order valence-electron chi connectivity index (χ4n) is 4.06. The Hall–Kier alpha value is -1.44. The van der Waals surface area contributed by atoms with Gasteiger partial charge in [0.25, 0.3) is 0 Å². The van der Waals surface area contributed by atoms with Gasteiger partial charge in [0.05, 0.1) is 10.9 Å². The van der Waals surface area contributed by atoms with E-state index >= 15 is 0 Å². The van der Waals surface area contributed by atoms with Crippen molar-refractivity contribution < 1.29 is 4.79 Å². The van der Waals surface area contributed by atoms with E-state index in [0.717, 1.165) is 49.3 Å². The monoisotopic (exact) mass is 432 g/mol. The number of rotatable bonds is 7. The maximum atomic E-state index is 12.4. The summed E-state index contributed by atoms with van der Waals surface area (Å²) in [5.41, 5.74) is 2.20. The summed E-state index contributed by atoms with van der Waals surface area (Å²) >= 11 is 7.66. The predicted molar refractivity (Wildman–Crippen MR) is 121 cm³/mol. The van der Waals surface area contributed by atoms with Gasteiger partial charge in [-0.3, -0.25) is 19.5 Å². The summed E-state index contributed by atoms with van der Waals surface area (Å²) in [6.07, 6.45) is 2.62. The van der Waals surface area contributed by atoms with Gasteiger partial charge in [0.15, 0.2) is 0 Å². The van der Waals surface area contributed by atoms with Crippen molar-refractivity contribution in [2.45, 2.75) is 25.9 Å². The van der Waals surface area contributed by atoms with E-state index in [-0.39, 0.29) is 5.91 Å². The minimum atomic E-state index is 0.0655. The lowest BCUT2D eigenvalue weighted by atomic mass is 10.2. The summed E-state index contributed by atoms with van der Waals surface area (Å²) in [7, 11) is 0. The Morgan fingerprint density at radius 2 is 1.52 bits per heavy atom. The molecule has 7 heteroatoms. The second-order valence-corrected chi connectivity index (χ2v) is 9.79. The summed E-state index contributed by atoms with van der Waals surface area (Å²) in [6.45, 7) is 8.61. The molecule has 0 atom stereocenters. The average Bonchev–Trinajstić information content (AvgIpc) is 3.37. The van der Waals surface area contributed by atoms with Gasteiger partial charge in [0.1, 0.15) is 0 Å². The number of nitrogens with zero attached hydrogens (tertiary/aromatic N) is 3. The second-order valence-electron chi connectivity index (χ2n) is 7.99. The number of benzene rings is 1. The number of piperazine rings is 1. The molecule has 1 aromatic heterocycles. The van der Waals surface area contributed by atoms with E-state index in [1.807, 2.05) is 18.2 Å². The van der Waals surface area contributed by atoms with Gasteiger partial charge < -0.3 is 5.32 Å². The highest BCUT2D eigenvalue weighted by molar-refractivity contribution is 7.16. The van der Waals surface area contributed by atoms with E-state index in [2.05, 4.69) is 38.2 Å². The predicted octanol–water partition coefficient (Wildman–Crippen LogP) is 3.75. The first-order chi connectivity index (χ1) is 14.1. The van der Waals surface area contributed by atoms with Crippen LogP contribution in [0.5, 0.6) is 0 Å². The Labute approximate surface area is 182 Å². The first-order valence-electron chi connectivity index (χ1n) is 10.4. The lowest BCUT2D eigenvalue weighted by molar-refractivity contribution is -0.117. The maximum absolute atomic E-state index is 12.4. The van der Waals surface area contributed by atoms with Crippen LogP contribution < -0.4 is 5.32 Å². The SMILES string of the molecule is O=C(CN1CCN(Cc2ccc(Cl)s2)CC1)Nc1ccc(CN2CCCC2)cc1. The summed E-state index contributed by atoms with van der Waals surface area (Å²) < 4.78 is 0.847. The quantitative estimate of drug-likeness (QED) is 0.723. The van der Waals surface area contributed by atoms with Crippen LogP contribution in [0.2, 0.25) is 4.34 Å². The molecular formula is C22H29ClN4OS. The van der Waals surface area contributed by atoms with Gasteiger partial charge in [-0.05, 0) is 55.8 Å². The van der Waals surface area contributed by atoms with Crippen LogP contribution in [0, 0.1) is 0 Å². The second kappa shape index (κ2) is 10.0. The summed E-state index contributed by atoms with van der Waals surface area (Å²) in [4.78, 5) is 20.9. The number of anilines is 1. The van der Waals surface area contributed by atoms with Crippen molar-refractivity contribution in [3.05, 3.63) is 51.2 Å². The smallest absolute Gasteiger partial charge is 0.238 e. The average molecular weight is 433 g/mol. The highest BCUT2D eigenvalue weighted by Gasteiger charge is 2.19. The fourth-order valence-corrected chi connectivity index (χ4v) is 5.19. The molecule has 2 saturated heterocycles. The number of thiophene rings is 1. The van der Waals surface area contributed by atoms with Crippen LogP contribution >= 0.6 is 22.9 Å². The van der Waals surface area contributed by atoms with Crippen molar-refractivity contribution >= 4 is 34.5 Å². The van der Waals surface area contributed by atoms with Gasteiger partial charge >= 0.3 is 0 Å². The molecule has 2 aromatic rings. The number of nitrogens with one attached hydrogen (secondary N) is 1. The number of carbonyl (C=O) groups is 1. The van der Waals surface area contributed by atoms with E-state index in [9.17, 15) is 4.79 Å². The Morgan fingerprint density at radius 3 is 2.17 bits per heavy atom. The molecule has 1 amide bonds. The molecule has 0 unspecified atom stereocenters. The largest absolute Gasteiger partial charge is 0.325 e. The van der Waals surface area contributed by atoms with Crippen molar-refractivity contribution in [3.63, 3.8) is 0 Å². The van der Waals surface area contributed by atoms with Gasteiger partial charge in [-0.2, -0.15) is 0 Å². The van der Waals surface area contributed by atoms with Crippen LogP contribution in [0.3, 0.4) is 0 Å². The third-order valence-corrected chi connectivity index (χ3v) is 6.90. The fraction of sp³-hybridized carbons (Fsp3) is 0.500. The zero-order valence-electron chi connectivity index (χ0n) is 16.8. The number of likely N-dealkylation sites (tertiary alicyclic amines) is 1. The minimum Gasteiger partial charge on any atom is -0.325 e. The molecule has 2 aliphatic rings. The van der Waals surface area contributed by atoms with Gasteiger partial charge in [-0.1, -0.05) is 23.7 Å². The molecule has 4 rings (SSSR count). The normalized spacial score (nSPS) is 18.9. The molecule has 2 fully saturated rings. The molecule has 1 N–H and O–H groups in total. The van der Waals surface area contributed by atoms with Gasteiger partial charge in [0.2, 0.25) is 5.91 Å². The van der Waals surface area contributed by atoms with Crippen LogP contribution in [-0.4, -0.2) is 66.4 Å². The van der Waals surface area contributed by atoms with E-state index in [1.54, 1.807) is 11.3 Å². The Balaban J connectivity index is 1.18. The molecular weight excluding hydrogens is 404 g/mol. The maximum Gasteiger partial charge on any atom is 0.238 e. The summed E-state index contributed by atoms with van der Waals surface area (Å²) in [6, 6.07) is 12.4. The van der Waals surface area contributed by atoms with Crippen LogP contribution in [-0.2, 0) is 17.9 Å². The van der Waals surface area contributed by atoms with Crippen molar-refractivity contribution in [1.29, 1.82) is 0 Å². The number of hydrogen-bond donors (Lipinski definition) is 1. The summed E-state index contributed by atoms with van der Waals surface area (Å²) in [5.74, 6) is 0.0655. The van der Waals surface area contributed by atoms with Gasteiger partial charge in [-0.25, -0.2) is 0 Å². The molecule has 0 spiro atoms. The molecule has 29 heavy (non-hydrogen) atoms. The first kappa shape index (κ1) is 20.8. The zero-order chi connectivity index (χ0) is 20.1. The highest BCUT2D eigenvalue weighted by Crippen LogP contribution is 2.23. The van der Waals surface area contributed by atoms with E-state index in [1.165, 1.54) is 36.4 Å². The molecule has 0 radical (unpaired) electrons. The Morgan fingerprint density at radius 1 is 0.862 bits per heavy atom. The van der Waals surface area contributed by atoms with Crippen molar-refractivity contribution in [2.24, 2.45) is 0 Å². The van der Waals surface area contributed by atoms with Crippen LogP contribution in [0.4, 0.5) is 5.69 Å². The standard InChI is InChI=1S/C22H29ClN4OS/c23-21-8-7-20(29-21)16-26-11-13-27(14-12-26)17-22(28)24-19-5-3-18(4-6-19)15-25-9-1-2-10-25/h3-8H,1-2,9-17H2,(H,24,28). The molecule has 156 valence electrons. The van der Waals surface area contributed by atoms with E-state index in [0.29, 0.717) is 6.54 Å². The van der Waals surface area contributed by atoms with Crippen molar-refractivity contribution in [1.82, 2.24) is 14.7 Å². The minimum absolute atomic E-state index is 0.0655. The molecule has 5 nitrogen and oxygen atoms in total. The molecule has 0 bridgehead atoms. The number of carbonyl (C=O) groups excluding carboxylic acids is 1. The third kappa shape index (κ3) is 6.27. The van der Waals surface area contributed by atoms with Crippen LogP contribution in [0.15, 0.2) is 36.4 Å². The highest BCUT2D eigenvalue weighted by atomic mass is 35.5. The van der Waals surface area contributed by atoms with Crippen LogP contribution in [0.25, 0.3) is 0 Å². The molecule has 0 saturated carbocycles. The third-order valence-electron chi connectivity index (χ3n) is 5.68. The van der Waals surface area contributed by atoms with E-state index in [4.69, 9.17) is 11.6 Å². The molecule has 0 aliphatic carbocycles. The molecule has 1 aromatic carbocycles. The Kier molecular flexibility index (Phi) is 7.21. The topological polar surface area (TPSA) is 38.8 Å². The number of amides is 1. The first-order valence-corrected chi connectivity index (χ1v) is 11.6. The summed E-state index contributed by atoms with van der Waals surface area (Å²) in [5, 5.41) is 3.04. The van der Waals surface area contributed by atoms with Crippen LogP contribution in [0.1, 0.15) is 23.3 Å².